The Morgan fingerprint density at radius 2 is 2.00 bits per heavy atom. The second-order valence-electron chi connectivity index (χ2n) is 7.73. The molecule has 2 heterocycles. The number of carbonyl (C=O) groups excluding carboxylic acids is 1. The molecule has 1 atom stereocenters. The molecule has 0 spiro atoms. The number of likely N-dealkylation sites (tertiary alicyclic amines) is 1. The van der Waals surface area contributed by atoms with Crippen LogP contribution in [0.3, 0.4) is 0 Å². The lowest BCUT2D eigenvalue weighted by molar-refractivity contribution is -0.124. The minimum absolute atomic E-state index is 0.0754. The summed E-state index contributed by atoms with van der Waals surface area (Å²) < 4.78 is 0. The topological polar surface area (TPSA) is 65.5 Å². The van der Waals surface area contributed by atoms with Crippen LogP contribution in [0.15, 0.2) is 36.5 Å². The molecule has 1 saturated heterocycles. The first-order valence-electron chi connectivity index (χ1n) is 9.73. The average Bonchev–Trinajstić information content (AvgIpc) is 2.64. The van der Waals surface area contributed by atoms with Crippen LogP contribution in [0.2, 0.25) is 0 Å². The monoisotopic (exact) mass is 353 g/mol. The number of nitrogens with zero attached hydrogens (tertiary/aromatic N) is 2. The van der Waals surface area contributed by atoms with Gasteiger partial charge in [0.05, 0.1) is 24.2 Å². The number of para-hydroxylation sites is 1. The van der Waals surface area contributed by atoms with E-state index in [0.717, 1.165) is 42.4 Å². The van der Waals surface area contributed by atoms with Crippen molar-refractivity contribution in [2.24, 2.45) is 5.92 Å². The van der Waals surface area contributed by atoms with Crippen LogP contribution in [0.1, 0.15) is 43.7 Å². The average molecular weight is 353 g/mol. The van der Waals surface area contributed by atoms with Gasteiger partial charge in [-0.05, 0) is 62.4 Å². The first-order valence-corrected chi connectivity index (χ1v) is 9.73. The van der Waals surface area contributed by atoms with Crippen LogP contribution < -0.4 is 5.32 Å². The third-order valence-corrected chi connectivity index (χ3v) is 5.72. The van der Waals surface area contributed by atoms with Crippen LogP contribution >= 0.6 is 0 Å². The summed E-state index contributed by atoms with van der Waals surface area (Å²) in [5.74, 6) is 0.352. The summed E-state index contributed by atoms with van der Waals surface area (Å²) in [6, 6.07) is 10.1. The van der Waals surface area contributed by atoms with E-state index in [1.807, 2.05) is 30.5 Å². The van der Waals surface area contributed by atoms with Gasteiger partial charge < -0.3 is 10.4 Å². The van der Waals surface area contributed by atoms with Crippen LogP contribution in [0.25, 0.3) is 10.9 Å². The normalized spacial score (nSPS) is 24.8. The number of nitrogens with one attached hydrogen (secondary N) is 1. The molecule has 2 N–H and O–H groups in total. The third-order valence-electron chi connectivity index (χ3n) is 5.72. The number of carbonyl (C=O) groups is 1. The molecule has 2 fully saturated rings. The lowest BCUT2D eigenvalue weighted by atomic mass is 9.75. The van der Waals surface area contributed by atoms with Crippen molar-refractivity contribution >= 4 is 16.8 Å². The second kappa shape index (κ2) is 7.72. The zero-order valence-corrected chi connectivity index (χ0v) is 15.1. The number of hydrogen-bond acceptors (Lipinski definition) is 4. The van der Waals surface area contributed by atoms with E-state index >= 15 is 0 Å². The highest BCUT2D eigenvalue weighted by atomic mass is 16.3. The molecular weight excluding hydrogens is 326 g/mol. The Kier molecular flexibility index (Phi) is 5.18. The summed E-state index contributed by atoms with van der Waals surface area (Å²) in [6.07, 6.45) is 6.74. The molecule has 1 aromatic carbocycles. The van der Waals surface area contributed by atoms with Crippen LogP contribution in [0.5, 0.6) is 0 Å². The molecule has 0 unspecified atom stereocenters. The number of aromatic nitrogens is 1. The van der Waals surface area contributed by atoms with Crippen molar-refractivity contribution in [3.05, 3.63) is 42.1 Å². The van der Waals surface area contributed by atoms with Crippen LogP contribution in [-0.4, -0.2) is 46.6 Å². The predicted molar refractivity (Wildman–Crippen MR) is 102 cm³/mol. The fourth-order valence-electron chi connectivity index (χ4n) is 4.17. The minimum atomic E-state index is -0.241. The van der Waals surface area contributed by atoms with Gasteiger partial charge in [-0.1, -0.05) is 24.6 Å². The van der Waals surface area contributed by atoms with E-state index < -0.39 is 0 Å². The Balaban J connectivity index is 1.50. The van der Waals surface area contributed by atoms with Gasteiger partial charge in [0.25, 0.3) is 0 Å². The number of fused-ring (bicyclic) bond motifs is 1. The van der Waals surface area contributed by atoms with Crippen molar-refractivity contribution in [1.82, 2.24) is 15.2 Å². The summed E-state index contributed by atoms with van der Waals surface area (Å²) in [7, 11) is 0. The van der Waals surface area contributed by atoms with E-state index in [-0.39, 0.29) is 24.0 Å². The number of aliphatic hydroxyl groups excluding tert-OH is 1. The highest BCUT2D eigenvalue weighted by Gasteiger charge is 2.36. The Hall–Kier alpha value is -1.98. The number of aliphatic hydroxyl groups is 1. The Bertz CT molecular complexity index is 767. The zero-order valence-electron chi connectivity index (χ0n) is 15.1. The third kappa shape index (κ3) is 3.89. The molecule has 1 amide bonds. The number of hydrogen-bond donors (Lipinski definition) is 2. The molecular formula is C21H27N3O2. The Morgan fingerprint density at radius 3 is 2.77 bits per heavy atom. The first kappa shape index (κ1) is 17.4. The SMILES string of the molecule is O=C(CN1CCCCC1)N[C@@H](c1cnc2ccccc2c1)C1CC(O)C1. The minimum Gasteiger partial charge on any atom is -0.393 e. The fraction of sp³-hybridized carbons (Fsp3) is 0.524. The molecule has 1 aromatic heterocycles. The number of piperidine rings is 1. The molecule has 2 aliphatic rings. The maximum Gasteiger partial charge on any atom is 0.234 e. The molecule has 26 heavy (non-hydrogen) atoms. The van der Waals surface area contributed by atoms with Gasteiger partial charge in [0, 0.05) is 11.6 Å². The molecule has 1 saturated carbocycles. The van der Waals surface area contributed by atoms with Gasteiger partial charge in [-0.25, -0.2) is 0 Å². The first-order chi connectivity index (χ1) is 12.7. The molecule has 138 valence electrons. The highest BCUT2D eigenvalue weighted by Crippen LogP contribution is 2.38. The van der Waals surface area contributed by atoms with E-state index in [1.165, 1.54) is 19.3 Å². The molecule has 1 aliphatic carbocycles. The van der Waals surface area contributed by atoms with E-state index in [1.54, 1.807) is 0 Å². The van der Waals surface area contributed by atoms with Crippen LogP contribution in [-0.2, 0) is 4.79 Å². The van der Waals surface area contributed by atoms with Gasteiger partial charge in [0.2, 0.25) is 5.91 Å². The second-order valence-corrected chi connectivity index (χ2v) is 7.73. The maximum absolute atomic E-state index is 12.6. The van der Waals surface area contributed by atoms with Gasteiger partial charge in [-0.15, -0.1) is 0 Å². The van der Waals surface area contributed by atoms with Gasteiger partial charge in [0.1, 0.15) is 0 Å². The molecule has 0 bridgehead atoms. The van der Waals surface area contributed by atoms with Gasteiger partial charge in [0.15, 0.2) is 0 Å². The summed E-state index contributed by atoms with van der Waals surface area (Å²) in [5.41, 5.74) is 2.00. The summed E-state index contributed by atoms with van der Waals surface area (Å²) in [5, 5.41) is 14.1. The molecule has 0 radical (unpaired) electrons. The highest BCUT2D eigenvalue weighted by molar-refractivity contribution is 5.80. The lowest BCUT2D eigenvalue weighted by Gasteiger charge is -2.38. The van der Waals surface area contributed by atoms with Crippen molar-refractivity contribution < 1.29 is 9.90 Å². The summed E-state index contributed by atoms with van der Waals surface area (Å²) >= 11 is 0. The molecule has 2 aromatic rings. The molecule has 5 heteroatoms. The van der Waals surface area contributed by atoms with E-state index in [2.05, 4.69) is 21.3 Å². The number of pyridine rings is 1. The summed E-state index contributed by atoms with van der Waals surface area (Å²) in [6.45, 7) is 2.49. The van der Waals surface area contributed by atoms with Gasteiger partial charge in [-0.2, -0.15) is 0 Å². The van der Waals surface area contributed by atoms with Gasteiger partial charge >= 0.3 is 0 Å². The quantitative estimate of drug-likeness (QED) is 0.867. The summed E-state index contributed by atoms with van der Waals surface area (Å²) in [4.78, 5) is 19.4. The zero-order chi connectivity index (χ0) is 17.9. The Labute approximate surface area is 154 Å². The molecule has 1 aliphatic heterocycles. The Morgan fingerprint density at radius 1 is 1.23 bits per heavy atom. The van der Waals surface area contributed by atoms with Crippen molar-refractivity contribution in [2.75, 3.05) is 19.6 Å². The largest absolute Gasteiger partial charge is 0.393 e. The standard InChI is InChI=1S/C21H27N3O2/c25-18-11-16(12-18)21(23-20(26)14-24-8-4-1-5-9-24)17-10-15-6-2-3-7-19(15)22-13-17/h2-3,6-7,10,13,16,18,21,25H,1,4-5,8-9,11-12,14H2,(H,23,26)/t16?,18?,21-/m1/s1. The maximum atomic E-state index is 12.6. The number of rotatable bonds is 5. The smallest absolute Gasteiger partial charge is 0.234 e. The van der Waals surface area contributed by atoms with Crippen molar-refractivity contribution in [2.45, 2.75) is 44.2 Å². The lowest BCUT2D eigenvalue weighted by Crippen LogP contribution is -2.45. The predicted octanol–water partition coefficient (Wildman–Crippen LogP) is 2.65. The molecule has 5 nitrogen and oxygen atoms in total. The van der Waals surface area contributed by atoms with Crippen LogP contribution in [0.4, 0.5) is 0 Å². The number of benzene rings is 1. The molecule has 4 rings (SSSR count). The van der Waals surface area contributed by atoms with Gasteiger partial charge in [-0.3, -0.25) is 14.7 Å². The van der Waals surface area contributed by atoms with Crippen molar-refractivity contribution in [3.8, 4) is 0 Å². The fourth-order valence-corrected chi connectivity index (χ4v) is 4.17. The number of amides is 1. The van der Waals surface area contributed by atoms with E-state index in [4.69, 9.17) is 0 Å². The van der Waals surface area contributed by atoms with Crippen molar-refractivity contribution in [3.63, 3.8) is 0 Å². The van der Waals surface area contributed by atoms with E-state index in [0.29, 0.717) is 6.54 Å². The van der Waals surface area contributed by atoms with Crippen molar-refractivity contribution in [1.29, 1.82) is 0 Å². The van der Waals surface area contributed by atoms with Crippen LogP contribution in [0, 0.1) is 5.92 Å². The van der Waals surface area contributed by atoms with E-state index in [9.17, 15) is 9.90 Å².